The Bertz CT molecular complexity index is 489. The maximum Gasteiger partial charge on any atom is 0.138 e. The van der Waals surface area contributed by atoms with Crippen molar-refractivity contribution in [1.29, 1.82) is 0 Å². The minimum Gasteiger partial charge on any atom is -0.392 e. The Morgan fingerprint density at radius 1 is 1.26 bits per heavy atom. The van der Waals surface area contributed by atoms with Crippen molar-refractivity contribution in [2.24, 2.45) is 22.7 Å². The molecule has 0 aromatic carbocycles. The number of aliphatic hydroxyl groups is 2. The molecule has 0 spiro atoms. The molecule has 0 radical (unpaired) electrons. The Balaban J connectivity index is 2.29. The molecule has 0 amide bonds. The fraction of sp³-hybridized carbons (Fsp3) is 0.850. The van der Waals surface area contributed by atoms with Crippen molar-refractivity contribution in [3.05, 3.63) is 11.6 Å². The normalized spacial score (nSPS) is 40.8. The number of fused-ring (bicyclic) bond motifs is 1. The number of allylic oxidation sites excluding steroid dienone is 1. The van der Waals surface area contributed by atoms with Crippen LogP contribution in [0.4, 0.5) is 0 Å². The van der Waals surface area contributed by atoms with Crippen LogP contribution in [-0.2, 0) is 4.79 Å². The van der Waals surface area contributed by atoms with E-state index in [0.717, 1.165) is 32.1 Å². The fourth-order valence-corrected chi connectivity index (χ4v) is 5.60. The zero-order chi connectivity index (χ0) is 17.5. The van der Waals surface area contributed by atoms with Gasteiger partial charge in [-0.15, -0.1) is 0 Å². The van der Waals surface area contributed by atoms with Crippen molar-refractivity contribution < 1.29 is 15.0 Å². The monoisotopic (exact) mass is 322 g/mol. The van der Waals surface area contributed by atoms with Gasteiger partial charge in [0.2, 0.25) is 0 Å². The van der Waals surface area contributed by atoms with E-state index >= 15 is 0 Å². The van der Waals surface area contributed by atoms with Gasteiger partial charge in [-0.1, -0.05) is 32.4 Å². The summed E-state index contributed by atoms with van der Waals surface area (Å²) >= 11 is 0. The van der Waals surface area contributed by atoms with Crippen LogP contribution in [-0.4, -0.2) is 28.2 Å². The predicted molar refractivity (Wildman–Crippen MR) is 93.0 cm³/mol. The number of Topliss-reactive ketones (excluding diaryl/α,β-unsaturated/α-hetero) is 1. The number of hydrogen-bond acceptors (Lipinski definition) is 3. The lowest BCUT2D eigenvalue weighted by atomic mass is 9.45. The van der Waals surface area contributed by atoms with Gasteiger partial charge in [-0.25, -0.2) is 0 Å². The summed E-state index contributed by atoms with van der Waals surface area (Å²) in [6, 6.07) is 0. The first-order chi connectivity index (χ1) is 10.6. The third-order valence-electron chi connectivity index (χ3n) is 7.03. The van der Waals surface area contributed by atoms with Gasteiger partial charge in [0.15, 0.2) is 0 Å². The lowest BCUT2D eigenvalue weighted by Gasteiger charge is -2.60. The molecule has 0 aromatic heterocycles. The van der Waals surface area contributed by atoms with Gasteiger partial charge in [-0.05, 0) is 63.2 Å². The van der Waals surface area contributed by atoms with Crippen LogP contribution in [0.15, 0.2) is 11.6 Å². The molecule has 0 saturated heterocycles. The van der Waals surface area contributed by atoms with Gasteiger partial charge in [-0.3, -0.25) is 4.79 Å². The van der Waals surface area contributed by atoms with Crippen LogP contribution < -0.4 is 0 Å². The summed E-state index contributed by atoms with van der Waals surface area (Å²) < 4.78 is 0. The minimum atomic E-state index is -0.665. The van der Waals surface area contributed by atoms with E-state index in [1.54, 1.807) is 0 Å². The molecule has 0 unspecified atom stereocenters. The average Bonchev–Trinajstić information content (AvgIpc) is 2.42. The number of carbonyl (C=O) groups is 1. The summed E-state index contributed by atoms with van der Waals surface area (Å²) in [6.07, 6.45) is 6.92. The molecule has 4 atom stereocenters. The zero-order valence-electron chi connectivity index (χ0n) is 15.5. The highest BCUT2D eigenvalue weighted by atomic mass is 16.3. The maximum absolute atomic E-state index is 12.4. The van der Waals surface area contributed by atoms with Crippen LogP contribution in [0.3, 0.4) is 0 Å². The van der Waals surface area contributed by atoms with Crippen molar-refractivity contribution in [2.75, 3.05) is 6.61 Å². The maximum atomic E-state index is 12.4. The third kappa shape index (κ3) is 3.28. The van der Waals surface area contributed by atoms with Gasteiger partial charge >= 0.3 is 0 Å². The lowest BCUT2D eigenvalue weighted by Crippen LogP contribution is -2.59. The topological polar surface area (TPSA) is 57.5 Å². The number of rotatable bonds is 4. The van der Waals surface area contributed by atoms with Gasteiger partial charge in [0.05, 0.1) is 12.2 Å². The number of ketones is 1. The molecular formula is C20H34O3. The second kappa shape index (κ2) is 6.33. The number of aliphatic hydroxyl groups excluding tert-OH is 1. The van der Waals surface area contributed by atoms with Crippen molar-refractivity contribution in [3.63, 3.8) is 0 Å². The zero-order valence-corrected chi connectivity index (χ0v) is 15.5. The minimum absolute atomic E-state index is 0.0126. The Labute approximate surface area is 141 Å². The largest absolute Gasteiger partial charge is 0.392 e. The van der Waals surface area contributed by atoms with E-state index in [1.807, 2.05) is 19.9 Å². The van der Waals surface area contributed by atoms with Gasteiger partial charge in [0.1, 0.15) is 5.78 Å². The lowest BCUT2D eigenvalue weighted by molar-refractivity contribution is -0.177. The highest BCUT2D eigenvalue weighted by Crippen LogP contribution is 2.62. The molecule has 2 aliphatic rings. The van der Waals surface area contributed by atoms with E-state index in [1.165, 1.54) is 5.57 Å². The molecule has 2 N–H and O–H groups in total. The SMILES string of the molecule is C/C(=C\CO)CC[C@H]1[C@]2(C)CCC(=O)C(C)(C)[C@H]2CC[C@]1(C)O. The summed E-state index contributed by atoms with van der Waals surface area (Å²) in [5.74, 6) is 0.934. The summed E-state index contributed by atoms with van der Waals surface area (Å²) in [6.45, 7) is 10.6. The first-order valence-corrected chi connectivity index (χ1v) is 9.08. The van der Waals surface area contributed by atoms with E-state index < -0.39 is 5.60 Å². The van der Waals surface area contributed by atoms with Crippen LogP contribution in [0.2, 0.25) is 0 Å². The standard InChI is InChI=1S/C20H34O3/c1-14(10-13-21)6-7-16-19(4)11-9-17(22)18(2,3)15(19)8-12-20(16,5)23/h10,15-16,21,23H,6-9,11-13H2,1-5H3/b14-10+/t15-,16+,19-,20+/m1/s1. The second-order valence-electron chi connectivity index (χ2n) is 8.92. The Morgan fingerprint density at radius 2 is 1.91 bits per heavy atom. The van der Waals surface area contributed by atoms with Crippen LogP contribution in [0.1, 0.15) is 73.1 Å². The van der Waals surface area contributed by atoms with Crippen LogP contribution >= 0.6 is 0 Å². The van der Waals surface area contributed by atoms with Crippen LogP contribution in [0.25, 0.3) is 0 Å². The summed E-state index contributed by atoms with van der Waals surface area (Å²) in [5, 5.41) is 20.1. The molecule has 3 heteroatoms. The number of hydrogen-bond donors (Lipinski definition) is 2. The van der Waals surface area contributed by atoms with Gasteiger partial charge in [0.25, 0.3) is 0 Å². The summed E-state index contributed by atoms with van der Waals surface area (Å²) in [5.41, 5.74) is 0.248. The van der Waals surface area contributed by atoms with Crippen LogP contribution in [0.5, 0.6) is 0 Å². The average molecular weight is 322 g/mol. The first kappa shape index (κ1) is 18.7. The molecule has 23 heavy (non-hydrogen) atoms. The van der Waals surface area contributed by atoms with E-state index in [2.05, 4.69) is 20.8 Å². The fourth-order valence-electron chi connectivity index (χ4n) is 5.60. The smallest absolute Gasteiger partial charge is 0.138 e. The molecule has 0 heterocycles. The first-order valence-electron chi connectivity index (χ1n) is 9.08. The van der Waals surface area contributed by atoms with Crippen LogP contribution in [0, 0.1) is 22.7 Å². The van der Waals surface area contributed by atoms with Crippen molar-refractivity contribution >= 4 is 5.78 Å². The summed E-state index contributed by atoms with van der Waals surface area (Å²) in [4.78, 5) is 12.4. The van der Waals surface area contributed by atoms with Gasteiger partial charge in [0, 0.05) is 11.8 Å². The molecule has 3 nitrogen and oxygen atoms in total. The summed E-state index contributed by atoms with van der Waals surface area (Å²) in [7, 11) is 0. The van der Waals surface area contributed by atoms with E-state index in [9.17, 15) is 9.90 Å². The third-order valence-corrected chi connectivity index (χ3v) is 7.03. The predicted octanol–water partition coefficient (Wildman–Crippen LogP) is 3.88. The van der Waals surface area contributed by atoms with E-state index in [4.69, 9.17) is 5.11 Å². The molecule has 0 bridgehead atoms. The molecule has 2 aliphatic carbocycles. The second-order valence-corrected chi connectivity index (χ2v) is 8.92. The molecule has 2 fully saturated rings. The van der Waals surface area contributed by atoms with Crippen molar-refractivity contribution in [3.8, 4) is 0 Å². The quantitative estimate of drug-likeness (QED) is 0.772. The molecule has 2 rings (SSSR count). The highest BCUT2D eigenvalue weighted by Gasteiger charge is 2.59. The van der Waals surface area contributed by atoms with E-state index in [-0.39, 0.29) is 23.4 Å². The van der Waals surface area contributed by atoms with Crippen molar-refractivity contribution in [2.45, 2.75) is 78.7 Å². The molecule has 0 aromatic rings. The molecule has 2 saturated carbocycles. The molecular weight excluding hydrogens is 288 g/mol. The van der Waals surface area contributed by atoms with Crippen molar-refractivity contribution in [1.82, 2.24) is 0 Å². The highest BCUT2D eigenvalue weighted by molar-refractivity contribution is 5.85. The van der Waals surface area contributed by atoms with Gasteiger partial charge in [-0.2, -0.15) is 0 Å². The molecule has 132 valence electrons. The van der Waals surface area contributed by atoms with Gasteiger partial charge < -0.3 is 10.2 Å². The molecule has 0 aliphatic heterocycles. The number of carbonyl (C=O) groups excluding carboxylic acids is 1. The van der Waals surface area contributed by atoms with E-state index in [0.29, 0.717) is 18.1 Å². The Hall–Kier alpha value is -0.670. The Morgan fingerprint density at radius 3 is 2.52 bits per heavy atom. The Kier molecular flexibility index (Phi) is 5.13.